The molecule has 0 atom stereocenters. The number of para-hydroxylation sites is 1. The first-order valence-electron chi connectivity index (χ1n) is 6.05. The molecular weight excluding hydrogens is 224 g/mol. The van der Waals surface area contributed by atoms with E-state index in [2.05, 4.69) is 29.0 Å². The van der Waals surface area contributed by atoms with Crippen LogP contribution in [0.2, 0.25) is 0 Å². The lowest BCUT2D eigenvalue weighted by Crippen LogP contribution is -1.80. The molecule has 2 aromatic carbocycles. The zero-order valence-corrected chi connectivity index (χ0v) is 10.1. The summed E-state index contributed by atoms with van der Waals surface area (Å²) in [5.74, 6) is 0.948. The maximum atomic E-state index is 9.83. The number of hydrogen-bond donors (Lipinski definition) is 2. The van der Waals surface area contributed by atoms with E-state index in [9.17, 15) is 5.11 Å². The Bertz CT molecular complexity index is 701. The summed E-state index contributed by atoms with van der Waals surface area (Å²) in [5.41, 5.74) is 3.93. The molecule has 0 bridgehead atoms. The third kappa shape index (κ3) is 1.74. The van der Waals surface area contributed by atoms with Crippen LogP contribution in [0.25, 0.3) is 22.4 Å². The van der Waals surface area contributed by atoms with Crippen LogP contribution in [0.15, 0.2) is 42.5 Å². The Balaban J connectivity index is 2.17. The molecule has 0 spiro atoms. The summed E-state index contributed by atoms with van der Waals surface area (Å²) in [5, 5.41) is 9.83. The summed E-state index contributed by atoms with van der Waals surface area (Å²) in [4.78, 5) is 7.76. The highest BCUT2D eigenvalue weighted by atomic mass is 16.3. The van der Waals surface area contributed by atoms with E-state index in [1.165, 1.54) is 5.56 Å². The number of aromatic hydroxyl groups is 1. The van der Waals surface area contributed by atoms with Gasteiger partial charge in [0.1, 0.15) is 11.6 Å². The Kier molecular flexibility index (Phi) is 2.52. The maximum Gasteiger partial charge on any atom is 0.142 e. The molecular formula is C15H14N2O. The van der Waals surface area contributed by atoms with E-state index in [0.29, 0.717) is 5.82 Å². The third-order valence-corrected chi connectivity index (χ3v) is 3.11. The fourth-order valence-corrected chi connectivity index (χ4v) is 2.08. The van der Waals surface area contributed by atoms with E-state index < -0.39 is 0 Å². The second kappa shape index (κ2) is 4.18. The Labute approximate surface area is 105 Å². The van der Waals surface area contributed by atoms with Crippen LogP contribution in [0.4, 0.5) is 0 Å². The van der Waals surface area contributed by atoms with Gasteiger partial charge in [-0.25, -0.2) is 4.98 Å². The molecule has 3 heteroatoms. The molecule has 1 aromatic heterocycles. The monoisotopic (exact) mass is 238 g/mol. The minimum absolute atomic E-state index is 0.243. The minimum atomic E-state index is 0.243. The second-order valence-electron chi connectivity index (χ2n) is 4.31. The second-order valence-corrected chi connectivity index (χ2v) is 4.31. The number of nitrogens with zero attached hydrogens (tertiary/aromatic N) is 1. The van der Waals surface area contributed by atoms with Crippen molar-refractivity contribution in [2.24, 2.45) is 0 Å². The number of benzene rings is 2. The quantitative estimate of drug-likeness (QED) is 0.717. The van der Waals surface area contributed by atoms with E-state index in [0.717, 1.165) is 23.0 Å². The lowest BCUT2D eigenvalue weighted by atomic mass is 10.1. The van der Waals surface area contributed by atoms with E-state index in [4.69, 9.17) is 0 Å². The van der Waals surface area contributed by atoms with Crippen molar-refractivity contribution >= 4 is 11.0 Å². The first-order chi connectivity index (χ1) is 8.78. The van der Waals surface area contributed by atoms with Crippen LogP contribution in [0.1, 0.15) is 12.5 Å². The number of nitrogens with one attached hydrogen (secondary N) is 1. The highest BCUT2D eigenvalue weighted by Crippen LogP contribution is 2.28. The Morgan fingerprint density at radius 3 is 2.78 bits per heavy atom. The van der Waals surface area contributed by atoms with Crippen LogP contribution in [0.3, 0.4) is 0 Å². The summed E-state index contributed by atoms with van der Waals surface area (Å²) in [6.45, 7) is 2.13. The highest BCUT2D eigenvalue weighted by Gasteiger charge is 2.08. The normalized spacial score (nSPS) is 10.9. The minimum Gasteiger partial charge on any atom is -0.507 e. The molecule has 1 heterocycles. The molecule has 3 aromatic rings. The van der Waals surface area contributed by atoms with Gasteiger partial charge >= 0.3 is 0 Å². The van der Waals surface area contributed by atoms with Gasteiger partial charge in [-0.1, -0.05) is 25.1 Å². The van der Waals surface area contributed by atoms with Crippen LogP contribution in [-0.2, 0) is 6.42 Å². The summed E-state index contributed by atoms with van der Waals surface area (Å²) in [7, 11) is 0. The van der Waals surface area contributed by atoms with Crippen molar-refractivity contribution in [2.45, 2.75) is 13.3 Å². The molecule has 0 fully saturated rings. The number of hydrogen-bond acceptors (Lipinski definition) is 2. The van der Waals surface area contributed by atoms with Crippen molar-refractivity contribution in [1.29, 1.82) is 0 Å². The molecule has 3 rings (SSSR count). The van der Waals surface area contributed by atoms with Crippen LogP contribution < -0.4 is 0 Å². The number of imidazole rings is 1. The van der Waals surface area contributed by atoms with E-state index in [1.54, 1.807) is 12.1 Å². The molecule has 0 unspecified atom stereocenters. The van der Waals surface area contributed by atoms with Gasteiger partial charge in [0.25, 0.3) is 0 Å². The Hall–Kier alpha value is -2.29. The van der Waals surface area contributed by atoms with Crippen LogP contribution in [0, 0.1) is 0 Å². The predicted octanol–water partition coefficient (Wildman–Crippen LogP) is 3.50. The van der Waals surface area contributed by atoms with Gasteiger partial charge in [0, 0.05) is 0 Å². The van der Waals surface area contributed by atoms with Crippen molar-refractivity contribution < 1.29 is 5.11 Å². The van der Waals surface area contributed by atoms with Crippen LogP contribution >= 0.6 is 0 Å². The highest BCUT2D eigenvalue weighted by molar-refractivity contribution is 5.81. The molecule has 18 heavy (non-hydrogen) atoms. The van der Waals surface area contributed by atoms with E-state index >= 15 is 0 Å². The summed E-state index contributed by atoms with van der Waals surface area (Å²) < 4.78 is 0. The maximum absolute atomic E-state index is 9.83. The zero-order chi connectivity index (χ0) is 12.5. The van der Waals surface area contributed by atoms with Crippen molar-refractivity contribution in [1.82, 2.24) is 9.97 Å². The van der Waals surface area contributed by atoms with Gasteiger partial charge in [-0.15, -0.1) is 0 Å². The fraction of sp³-hybridized carbons (Fsp3) is 0.133. The van der Waals surface area contributed by atoms with Gasteiger partial charge < -0.3 is 10.1 Å². The lowest BCUT2D eigenvalue weighted by molar-refractivity contribution is 0.477. The number of fused-ring (bicyclic) bond motifs is 1. The number of rotatable bonds is 2. The number of aromatic amines is 1. The Morgan fingerprint density at radius 1 is 1.17 bits per heavy atom. The number of aromatic nitrogens is 2. The third-order valence-electron chi connectivity index (χ3n) is 3.11. The summed E-state index contributed by atoms with van der Waals surface area (Å²) in [6.07, 6.45) is 1.00. The number of phenolic OH excluding ortho intramolecular Hbond substituents is 1. The largest absolute Gasteiger partial charge is 0.507 e. The summed E-state index contributed by atoms with van der Waals surface area (Å²) >= 11 is 0. The topological polar surface area (TPSA) is 48.9 Å². The molecule has 3 nitrogen and oxygen atoms in total. The molecule has 0 aliphatic rings. The van der Waals surface area contributed by atoms with Crippen molar-refractivity contribution in [2.75, 3.05) is 0 Å². The van der Waals surface area contributed by atoms with E-state index in [-0.39, 0.29) is 5.75 Å². The standard InChI is InChI=1S/C15H14N2O/c1-2-10-7-8-12-13(9-10)17-15(16-12)11-5-3-4-6-14(11)18/h3-9,18H,2H2,1H3,(H,16,17). The molecule has 0 radical (unpaired) electrons. The number of H-pyrrole nitrogens is 1. The van der Waals surface area contributed by atoms with Crippen LogP contribution in [0.5, 0.6) is 5.75 Å². The SMILES string of the molecule is CCc1ccc2nc(-c3ccccc3O)[nH]c2c1. The zero-order valence-electron chi connectivity index (χ0n) is 10.1. The molecule has 0 aliphatic heterocycles. The van der Waals surface area contributed by atoms with Crippen LogP contribution in [-0.4, -0.2) is 15.1 Å². The van der Waals surface area contributed by atoms with Crippen molar-refractivity contribution in [3.63, 3.8) is 0 Å². The first kappa shape index (κ1) is 10.8. The number of aryl methyl sites for hydroxylation is 1. The molecule has 0 saturated heterocycles. The molecule has 0 amide bonds. The fourth-order valence-electron chi connectivity index (χ4n) is 2.08. The van der Waals surface area contributed by atoms with Gasteiger partial charge in [0.05, 0.1) is 16.6 Å². The molecule has 0 aliphatic carbocycles. The van der Waals surface area contributed by atoms with Gasteiger partial charge in [-0.2, -0.15) is 0 Å². The average molecular weight is 238 g/mol. The molecule has 90 valence electrons. The Morgan fingerprint density at radius 2 is 2.00 bits per heavy atom. The first-order valence-corrected chi connectivity index (χ1v) is 6.05. The van der Waals surface area contributed by atoms with E-state index in [1.807, 2.05) is 18.2 Å². The van der Waals surface area contributed by atoms with Crippen molar-refractivity contribution in [3.05, 3.63) is 48.0 Å². The van der Waals surface area contributed by atoms with Gasteiger partial charge in [0.2, 0.25) is 0 Å². The summed E-state index contributed by atoms with van der Waals surface area (Å²) in [6, 6.07) is 13.4. The smallest absolute Gasteiger partial charge is 0.142 e. The predicted molar refractivity (Wildman–Crippen MR) is 72.6 cm³/mol. The van der Waals surface area contributed by atoms with Crippen molar-refractivity contribution in [3.8, 4) is 17.1 Å². The molecule has 0 saturated carbocycles. The average Bonchev–Trinajstić information content (AvgIpc) is 2.81. The van der Waals surface area contributed by atoms with Gasteiger partial charge in [-0.05, 0) is 36.2 Å². The molecule has 2 N–H and O–H groups in total. The number of phenols is 1. The van der Waals surface area contributed by atoms with Gasteiger partial charge in [0.15, 0.2) is 0 Å². The lowest BCUT2D eigenvalue weighted by Gasteiger charge is -1.98. The van der Waals surface area contributed by atoms with Gasteiger partial charge in [-0.3, -0.25) is 0 Å².